The minimum atomic E-state index is -1.22. The van der Waals surface area contributed by atoms with Crippen molar-refractivity contribution in [2.24, 2.45) is 0 Å². The first-order valence-corrected chi connectivity index (χ1v) is 4.07. The number of nitrogen functional groups attached to an aromatic ring is 1. The van der Waals surface area contributed by atoms with Crippen molar-refractivity contribution in [1.82, 2.24) is 5.54 Å². The van der Waals surface area contributed by atoms with E-state index in [1.807, 2.05) is 0 Å². The van der Waals surface area contributed by atoms with Gasteiger partial charge in [0, 0.05) is 12.1 Å². The van der Waals surface area contributed by atoms with Crippen LogP contribution in [0.1, 0.15) is 5.56 Å². The fraction of sp³-hybridized carbons (Fsp3) is 0.222. The molecule has 0 heterocycles. The highest BCUT2D eigenvalue weighted by Gasteiger charge is 2.16. The maximum atomic E-state index is 12.0. The number of nitrogens with two attached hydrogens (primary N) is 1. The molecular formula is C9H11FN2O2. The van der Waals surface area contributed by atoms with Crippen LogP contribution in [0.3, 0.4) is 0 Å². The van der Waals surface area contributed by atoms with Gasteiger partial charge in [0.15, 0.2) is 0 Å². The number of carboxylic acid groups (broad SMARTS) is 1. The van der Waals surface area contributed by atoms with Gasteiger partial charge in [0.25, 0.3) is 0 Å². The van der Waals surface area contributed by atoms with Gasteiger partial charge in [-0.05, 0) is 17.7 Å². The van der Waals surface area contributed by atoms with E-state index in [1.54, 1.807) is 24.3 Å². The molecule has 0 unspecified atom stereocenters. The molecular weight excluding hydrogens is 187 g/mol. The van der Waals surface area contributed by atoms with E-state index >= 15 is 0 Å². The third-order valence-corrected chi connectivity index (χ3v) is 1.85. The van der Waals surface area contributed by atoms with Crippen molar-refractivity contribution in [2.75, 3.05) is 5.73 Å². The van der Waals surface area contributed by atoms with Crippen LogP contribution in [0.25, 0.3) is 0 Å². The standard InChI is InChI=1S/C9H11FN2O2/c10-12-8(9(13)14)5-6-1-3-7(11)4-2-6/h1-4,8,12H,5,11H2,(H,13,14)/t8-/m0/s1. The molecule has 1 aromatic carbocycles. The number of nitrogens with one attached hydrogen (secondary N) is 1. The monoisotopic (exact) mass is 198 g/mol. The fourth-order valence-electron chi connectivity index (χ4n) is 1.06. The molecule has 14 heavy (non-hydrogen) atoms. The first kappa shape index (κ1) is 10.5. The highest BCUT2D eigenvalue weighted by atomic mass is 19.2. The second-order valence-corrected chi connectivity index (χ2v) is 2.95. The molecule has 5 heteroatoms. The van der Waals surface area contributed by atoms with Crippen LogP contribution < -0.4 is 11.3 Å². The van der Waals surface area contributed by atoms with Crippen LogP contribution in [-0.2, 0) is 11.2 Å². The maximum Gasteiger partial charge on any atom is 0.323 e. The van der Waals surface area contributed by atoms with E-state index in [4.69, 9.17) is 10.8 Å². The van der Waals surface area contributed by atoms with E-state index in [1.165, 1.54) is 5.54 Å². The first-order chi connectivity index (χ1) is 6.63. The molecule has 0 fully saturated rings. The van der Waals surface area contributed by atoms with Gasteiger partial charge in [-0.1, -0.05) is 12.1 Å². The lowest BCUT2D eigenvalue weighted by molar-refractivity contribution is -0.140. The molecule has 0 bridgehead atoms. The van der Waals surface area contributed by atoms with E-state index in [-0.39, 0.29) is 6.42 Å². The second kappa shape index (κ2) is 4.57. The molecule has 0 saturated heterocycles. The summed E-state index contributed by atoms with van der Waals surface area (Å²) in [4.78, 5) is 10.5. The molecule has 1 rings (SSSR count). The van der Waals surface area contributed by atoms with Gasteiger partial charge < -0.3 is 10.8 Å². The number of carboxylic acids is 1. The lowest BCUT2D eigenvalue weighted by Crippen LogP contribution is -2.33. The SMILES string of the molecule is Nc1ccc(C[C@H](NF)C(=O)O)cc1. The van der Waals surface area contributed by atoms with Gasteiger partial charge in [0.1, 0.15) is 6.04 Å². The Kier molecular flexibility index (Phi) is 3.41. The summed E-state index contributed by atoms with van der Waals surface area (Å²) in [6.45, 7) is 0. The molecule has 0 amide bonds. The number of hydrogen-bond acceptors (Lipinski definition) is 3. The Morgan fingerprint density at radius 3 is 2.50 bits per heavy atom. The normalized spacial score (nSPS) is 12.4. The van der Waals surface area contributed by atoms with Crippen LogP contribution >= 0.6 is 0 Å². The molecule has 4 N–H and O–H groups in total. The summed E-state index contributed by atoms with van der Waals surface area (Å²) < 4.78 is 12.0. The minimum Gasteiger partial charge on any atom is -0.480 e. The zero-order valence-corrected chi connectivity index (χ0v) is 7.40. The molecule has 0 aliphatic rings. The van der Waals surface area contributed by atoms with Gasteiger partial charge >= 0.3 is 5.97 Å². The Morgan fingerprint density at radius 1 is 1.50 bits per heavy atom. The number of benzene rings is 1. The largest absolute Gasteiger partial charge is 0.480 e. The van der Waals surface area contributed by atoms with Crippen LogP contribution in [0.4, 0.5) is 10.2 Å². The highest BCUT2D eigenvalue weighted by Crippen LogP contribution is 2.08. The molecule has 1 aromatic rings. The van der Waals surface area contributed by atoms with Crippen molar-refractivity contribution in [3.8, 4) is 0 Å². The average Bonchev–Trinajstić information content (AvgIpc) is 2.16. The van der Waals surface area contributed by atoms with E-state index in [0.29, 0.717) is 5.69 Å². The number of carbonyl (C=O) groups is 1. The zero-order valence-electron chi connectivity index (χ0n) is 7.40. The Bertz CT molecular complexity index is 313. The van der Waals surface area contributed by atoms with Crippen molar-refractivity contribution >= 4 is 11.7 Å². The summed E-state index contributed by atoms with van der Waals surface area (Å²) in [6, 6.07) is 5.42. The van der Waals surface area contributed by atoms with Gasteiger partial charge in [-0.15, -0.1) is 10.0 Å². The molecule has 0 aliphatic carbocycles. The Balaban J connectivity index is 2.67. The van der Waals surface area contributed by atoms with Crippen molar-refractivity contribution in [1.29, 1.82) is 0 Å². The minimum absolute atomic E-state index is 0.0894. The topological polar surface area (TPSA) is 75.3 Å². The van der Waals surface area contributed by atoms with Crippen LogP contribution in [0.15, 0.2) is 24.3 Å². The van der Waals surface area contributed by atoms with E-state index < -0.39 is 12.0 Å². The molecule has 0 aliphatic heterocycles. The molecule has 0 spiro atoms. The predicted octanol–water partition coefficient (Wildman–Crippen LogP) is 0.739. The average molecular weight is 198 g/mol. The third kappa shape index (κ3) is 2.70. The highest BCUT2D eigenvalue weighted by molar-refractivity contribution is 5.73. The number of rotatable bonds is 4. The van der Waals surface area contributed by atoms with E-state index in [0.717, 1.165) is 5.56 Å². The van der Waals surface area contributed by atoms with Crippen LogP contribution in [-0.4, -0.2) is 17.1 Å². The van der Waals surface area contributed by atoms with Gasteiger partial charge in [0.2, 0.25) is 0 Å². The van der Waals surface area contributed by atoms with Gasteiger partial charge in [-0.25, -0.2) is 0 Å². The van der Waals surface area contributed by atoms with E-state index in [9.17, 15) is 9.28 Å². The molecule has 1 atom stereocenters. The second-order valence-electron chi connectivity index (χ2n) is 2.95. The van der Waals surface area contributed by atoms with Crippen molar-refractivity contribution in [2.45, 2.75) is 12.5 Å². The summed E-state index contributed by atoms with van der Waals surface area (Å²) in [5, 5.41) is 8.56. The lowest BCUT2D eigenvalue weighted by atomic mass is 10.1. The van der Waals surface area contributed by atoms with Crippen molar-refractivity contribution < 1.29 is 14.4 Å². The Hall–Kier alpha value is -1.62. The predicted molar refractivity (Wildman–Crippen MR) is 50.2 cm³/mol. The Morgan fingerprint density at radius 2 is 2.07 bits per heavy atom. The smallest absolute Gasteiger partial charge is 0.323 e. The molecule has 4 nitrogen and oxygen atoms in total. The van der Waals surface area contributed by atoms with Crippen LogP contribution in [0, 0.1) is 0 Å². The third-order valence-electron chi connectivity index (χ3n) is 1.85. The Labute approximate surface area is 80.5 Å². The van der Waals surface area contributed by atoms with Crippen LogP contribution in [0.5, 0.6) is 0 Å². The lowest BCUT2D eigenvalue weighted by Gasteiger charge is -2.08. The first-order valence-electron chi connectivity index (χ1n) is 4.07. The quantitative estimate of drug-likeness (QED) is 0.492. The summed E-state index contributed by atoms with van der Waals surface area (Å²) in [7, 11) is 0. The zero-order chi connectivity index (χ0) is 10.6. The number of halogens is 1. The van der Waals surface area contributed by atoms with Crippen molar-refractivity contribution in [3.05, 3.63) is 29.8 Å². The molecule has 0 aromatic heterocycles. The van der Waals surface area contributed by atoms with Crippen LogP contribution in [0.2, 0.25) is 0 Å². The maximum absolute atomic E-state index is 12.0. The molecule has 0 radical (unpaired) electrons. The number of hydrogen-bond donors (Lipinski definition) is 3. The fourth-order valence-corrected chi connectivity index (χ4v) is 1.06. The number of anilines is 1. The summed E-state index contributed by atoms with van der Waals surface area (Å²) in [5.74, 6) is -1.22. The van der Waals surface area contributed by atoms with E-state index in [2.05, 4.69) is 0 Å². The molecule has 0 saturated carbocycles. The summed E-state index contributed by atoms with van der Waals surface area (Å²) >= 11 is 0. The summed E-state index contributed by atoms with van der Waals surface area (Å²) in [6.07, 6.45) is 0.0894. The van der Waals surface area contributed by atoms with Gasteiger partial charge in [0.05, 0.1) is 0 Å². The van der Waals surface area contributed by atoms with Gasteiger partial charge in [-0.2, -0.15) is 0 Å². The number of aliphatic carboxylic acids is 1. The van der Waals surface area contributed by atoms with Gasteiger partial charge in [-0.3, -0.25) is 4.79 Å². The van der Waals surface area contributed by atoms with Crippen molar-refractivity contribution in [3.63, 3.8) is 0 Å². The summed E-state index contributed by atoms with van der Waals surface area (Å²) in [5.41, 5.74) is 7.99. The molecule has 76 valence electrons.